The minimum Gasteiger partial charge on any atom is -0.314 e. The standard InChI is InChI=1S/C13H25F3N2/c1-4-6-17-12-5-7-18(9-10(12)2)11(3)8-13(14,15)16/h10-12,17H,4-9H2,1-3H3. The maximum atomic E-state index is 12.4. The van der Waals surface area contributed by atoms with Crippen LogP contribution >= 0.6 is 0 Å². The second kappa shape index (κ2) is 6.75. The van der Waals surface area contributed by atoms with Gasteiger partial charge in [-0.25, -0.2) is 0 Å². The molecule has 0 saturated carbocycles. The topological polar surface area (TPSA) is 15.3 Å². The summed E-state index contributed by atoms with van der Waals surface area (Å²) in [6.45, 7) is 8.45. The largest absolute Gasteiger partial charge is 0.390 e. The molecule has 0 radical (unpaired) electrons. The number of halogens is 3. The Morgan fingerprint density at radius 2 is 2.06 bits per heavy atom. The Morgan fingerprint density at radius 3 is 2.56 bits per heavy atom. The minimum absolute atomic E-state index is 0.403. The summed E-state index contributed by atoms with van der Waals surface area (Å²) in [5.74, 6) is 0.418. The lowest BCUT2D eigenvalue weighted by atomic mass is 9.92. The summed E-state index contributed by atoms with van der Waals surface area (Å²) in [7, 11) is 0. The molecule has 3 unspecified atom stereocenters. The number of rotatable bonds is 5. The Labute approximate surface area is 108 Å². The molecular weight excluding hydrogens is 241 g/mol. The fraction of sp³-hybridized carbons (Fsp3) is 1.00. The molecule has 0 aliphatic carbocycles. The van der Waals surface area contributed by atoms with E-state index in [0.717, 1.165) is 32.5 Å². The van der Waals surface area contributed by atoms with Crippen molar-refractivity contribution in [2.75, 3.05) is 19.6 Å². The molecule has 0 aromatic carbocycles. The Bertz CT molecular complexity index is 243. The second-order valence-corrected chi connectivity index (χ2v) is 5.49. The molecule has 5 heteroatoms. The van der Waals surface area contributed by atoms with Gasteiger partial charge in [-0.3, -0.25) is 4.90 Å². The lowest BCUT2D eigenvalue weighted by molar-refractivity contribution is -0.147. The van der Waals surface area contributed by atoms with Gasteiger partial charge in [-0.05, 0) is 38.8 Å². The van der Waals surface area contributed by atoms with Crippen molar-refractivity contribution in [3.8, 4) is 0 Å². The fourth-order valence-corrected chi connectivity index (χ4v) is 2.68. The lowest BCUT2D eigenvalue weighted by Gasteiger charge is -2.40. The summed E-state index contributed by atoms with van der Waals surface area (Å²) >= 11 is 0. The smallest absolute Gasteiger partial charge is 0.314 e. The first kappa shape index (κ1) is 15.8. The van der Waals surface area contributed by atoms with E-state index in [1.54, 1.807) is 6.92 Å². The van der Waals surface area contributed by atoms with Gasteiger partial charge in [0.25, 0.3) is 0 Å². The van der Waals surface area contributed by atoms with E-state index in [1.165, 1.54) is 0 Å². The first-order valence-corrected chi connectivity index (χ1v) is 6.87. The fourth-order valence-electron chi connectivity index (χ4n) is 2.68. The van der Waals surface area contributed by atoms with Gasteiger partial charge in [0.15, 0.2) is 0 Å². The number of nitrogens with one attached hydrogen (secondary N) is 1. The van der Waals surface area contributed by atoms with Crippen LogP contribution in [-0.2, 0) is 0 Å². The van der Waals surface area contributed by atoms with Crippen LogP contribution in [0.15, 0.2) is 0 Å². The molecule has 2 nitrogen and oxygen atoms in total. The van der Waals surface area contributed by atoms with Gasteiger partial charge in [-0.15, -0.1) is 0 Å². The van der Waals surface area contributed by atoms with Crippen LogP contribution < -0.4 is 5.32 Å². The van der Waals surface area contributed by atoms with E-state index in [0.29, 0.717) is 12.0 Å². The SMILES string of the molecule is CCCNC1CCN(C(C)CC(F)(F)F)CC1C. The van der Waals surface area contributed by atoms with Crippen molar-refractivity contribution in [3.05, 3.63) is 0 Å². The third-order valence-electron chi connectivity index (χ3n) is 3.74. The van der Waals surface area contributed by atoms with Gasteiger partial charge in [0.1, 0.15) is 0 Å². The summed E-state index contributed by atoms with van der Waals surface area (Å²) in [6.07, 6.45) is -2.71. The second-order valence-electron chi connectivity index (χ2n) is 5.49. The highest BCUT2D eigenvalue weighted by molar-refractivity contribution is 4.85. The third kappa shape index (κ3) is 5.14. The van der Waals surface area contributed by atoms with Crippen LogP contribution in [0, 0.1) is 5.92 Å². The molecule has 3 atom stereocenters. The zero-order valence-corrected chi connectivity index (χ0v) is 11.6. The van der Waals surface area contributed by atoms with Gasteiger partial charge in [-0.1, -0.05) is 13.8 Å². The lowest BCUT2D eigenvalue weighted by Crippen LogP contribution is -2.51. The van der Waals surface area contributed by atoms with Gasteiger partial charge in [0, 0.05) is 18.6 Å². The average Bonchev–Trinajstić information content (AvgIpc) is 2.25. The Balaban J connectivity index is 2.40. The van der Waals surface area contributed by atoms with Crippen LogP contribution in [0.4, 0.5) is 13.2 Å². The van der Waals surface area contributed by atoms with E-state index in [2.05, 4.69) is 19.2 Å². The summed E-state index contributed by atoms with van der Waals surface area (Å²) in [5.41, 5.74) is 0. The molecule has 0 aromatic heterocycles. The van der Waals surface area contributed by atoms with Gasteiger partial charge in [0.05, 0.1) is 6.42 Å². The highest BCUT2D eigenvalue weighted by Crippen LogP contribution is 2.26. The van der Waals surface area contributed by atoms with Crippen molar-refractivity contribution in [3.63, 3.8) is 0 Å². The van der Waals surface area contributed by atoms with Crippen LogP contribution in [-0.4, -0.2) is 42.8 Å². The van der Waals surface area contributed by atoms with Gasteiger partial charge >= 0.3 is 6.18 Å². The Morgan fingerprint density at radius 1 is 1.39 bits per heavy atom. The van der Waals surface area contributed by atoms with E-state index < -0.39 is 18.6 Å². The molecule has 1 fully saturated rings. The molecular formula is C13H25F3N2. The van der Waals surface area contributed by atoms with Crippen LogP contribution in [0.5, 0.6) is 0 Å². The molecule has 108 valence electrons. The summed E-state index contributed by atoms with van der Waals surface area (Å²) < 4.78 is 37.1. The molecule has 0 aromatic rings. The third-order valence-corrected chi connectivity index (χ3v) is 3.74. The molecule has 1 N–H and O–H groups in total. The number of likely N-dealkylation sites (tertiary alicyclic amines) is 1. The molecule has 1 saturated heterocycles. The number of hydrogen-bond acceptors (Lipinski definition) is 2. The van der Waals surface area contributed by atoms with E-state index in [9.17, 15) is 13.2 Å². The van der Waals surface area contributed by atoms with Crippen molar-refractivity contribution in [2.24, 2.45) is 5.92 Å². The summed E-state index contributed by atoms with van der Waals surface area (Å²) in [4.78, 5) is 1.97. The maximum Gasteiger partial charge on any atom is 0.390 e. The monoisotopic (exact) mass is 266 g/mol. The van der Waals surface area contributed by atoms with E-state index in [4.69, 9.17) is 0 Å². The molecule has 1 heterocycles. The first-order chi connectivity index (χ1) is 8.33. The average molecular weight is 266 g/mol. The van der Waals surface area contributed by atoms with Crippen molar-refractivity contribution in [2.45, 2.75) is 58.3 Å². The van der Waals surface area contributed by atoms with E-state index >= 15 is 0 Å². The normalized spacial score (nSPS) is 28.3. The van der Waals surface area contributed by atoms with Crippen molar-refractivity contribution < 1.29 is 13.2 Å². The van der Waals surface area contributed by atoms with Crippen LogP contribution in [0.3, 0.4) is 0 Å². The van der Waals surface area contributed by atoms with E-state index in [1.807, 2.05) is 4.90 Å². The Hall–Kier alpha value is -0.290. The highest BCUT2D eigenvalue weighted by atomic mass is 19.4. The Kier molecular flexibility index (Phi) is 5.92. The van der Waals surface area contributed by atoms with Gasteiger partial charge in [-0.2, -0.15) is 13.2 Å². The molecule has 18 heavy (non-hydrogen) atoms. The van der Waals surface area contributed by atoms with Crippen LogP contribution in [0.2, 0.25) is 0 Å². The zero-order valence-electron chi connectivity index (χ0n) is 11.6. The summed E-state index contributed by atoms with van der Waals surface area (Å²) in [6, 6.07) is 0.0545. The number of piperidine rings is 1. The first-order valence-electron chi connectivity index (χ1n) is 6.87. The number of nitrogens with zero attached hydrogens (tertiary/aromatic N) is 1. The quantitative estimate of drug-likeness (QED) is 0.823. The molecule has 1 rings (SSSR count). The maximum absolute atomic E-state index is 12.4. The molecule has 0 amide bonds. The van der Waals surface area contributed by atoms with Crippen molar-refractivity contribution in [1.82, 2.24) is 10.2 Å². The van der Waals surface area contributed by atoms with Crippen molar-refractivity contribution in [1.29, 1.82) is 0 Å². The number of alkyl halides is 3. The van der Waals surface area contributed by atoms with Gasteiger partial charge in [0.2, 0.25) is 0 Å². The van der Waals surface area contributed by atoms with Crippen LogP contribution in [0.1, 0.15) is 40.0 Å². The molecule has 0 spiro atoms. The predicted octanol–water partition coefficient (Wildman–Crippen LogP) is 3.04. The van der Waals surface area contributed by atoms with E-state index in [-0.39, 0.29) is 0 Å². The molecule has 1 aliphatic heterocycles. The summed E-state index contributed by atoms with van der Waals surface area (Å²) in [5, 5.41) is 3.48. The predicted molar refractivity (Wildman–Crippen MR) is 67.6 cm³/mol. The highest BCUT2D eigenvalue weighted by Gasteiger charge is 2.35. The zero-order chi connectivity index (χ0) is 13.8. The van der Waals surface area contributed by atoms with Crippen molar-refractivity contribution >= 4 is 0 Å². The van der Waals surface area contributed by atoms with Gasteiger partial charge < -0.3 is 5.32 Å². The van der Waals surface area contributed by atoms with Crippen LogP contribution in [0.25, 0.3) is 0 Å². The molecule has 1 aliphatic rings. The minimum atomic E-state index is -4.06. The molecule has 0 bridgehead atoms. The number of hydrogen-bond donors (Lipinski definition) is 1.